The molecule has 0 saturated heterocycles. The van der Waals surface area contributed by atoms with Crippen LogP contribution in [-0.2, 0) is 4.79 Å². The highest BCUT2D eigenvalue weighted by Crippen LogP contribution is 2.26. The Morgan fingerprint density at radius 3 is 2.40 bits per heavy atom. The van der Waals surface area contributed by atoms with Gasteiger partial charge in [0.05, 0.1) is 5.69 Å². The van der Waals surface area contributed by atoms with E-state index in [4.69, 9.17) is 5.73 Å². The van der Waals surface area contributed by atoms with Gasteiger partial charge in [-0.3, -0.25) is 4.79 Å². The minimum absolute atomic E-state index is 0.115. The van der Waals surface area contributed by atoms with Crippen LogP contribution in [0.25, 0.3) is 5.82 Å². The lowest BCUT2D eigenvalue weighted by atomic mass is 10.2. The summed E-state index contributed by atoms with van der Waals surface area (Å²) in [4.78, 5) is 19.5. The van der Waals surface area contributed by atoms with Gasteiger partial charge in [0.1, 0.15) is 12.0 Å². The van der Waals surface area contributed by atoms with Gasteiger partial charge >= 0.3 is 0 Å². The number of nitrogen functional groups attached to an aromatic ring is 1. The predicted octanol–water partition coefficient (Wildman–Crippen LogP) is 2.56. The van der Waals surface area contributed by atoms with Gasteiger partial charge in [-0.25, -0.2) is 14.6 Å². The molecule has 0 saturated carbocycles. The van der Waals surface area contributed by atoms with Crippen LogP contribution in [0.3, 0.4) is 0 Å². The molecule has 1 amide bonds. The van der Waals surface area contributed by atoms with Gasteiger partial charge in [-0.05, 0) is 44.2 Å². The first kappa shape index (κ1) is 16.4. The lowest BCUT2D eigenvalue weighted by Gasteiger charge is -2.12. The molecule has 2 heterocycles. The molecule has 0 spiro atoms. The number of carbonyl (C=O) groups excluding carboxylic acids is 1. The molecule has 8 heteroatoms. The van der Waals surface area contributed by atoms with Crippen molar-refractivity contribution in [2.24, 2.45) is 0 Å². The van der Waals surface area contributed by atoms with Crippen LogP contribution in [0.15, 0.2) is 36.7 Å². The van der Waals surface area contributed by atoms with Crippen LogP contribution >= 0.6 is 0 Å². The zero-order valence-corrected chi connectivity index (χ0v) is 14.2. The lowest BCUT2D eigenvalue weighted by molar-refractivity contribution is -0.114. The number of carbonyl (C=O) groups is 1. The van der Waals surface area contributed by atoms with Crippen LogP contribution in [0, 0.1) is 13.8 Å². The van der Waals surface area contributed by atoms with E-state index in [2.05, 4.69) is 25.7 Å². The van der Waals surface area contributed by atoms with Crippen LogP contribution in [0.5, 0.6) is 0 Å². The Kier molecular flexibility index (Phi) is 4.34. The number of hydrogen-bond acceptors (Lipinski definition) is 6. The Morgan fingerprint density at radius 2 is 1.80 bits per heavy atom. The molecule has 2 aromatic heterocycles. The number of amides is 1. The Balaban J connectivity index is 1.87. The molecule has 8 nitrogen and oxygen atoms in total. The second-order valence-corrected chi connectivity index (χ2v) is 5.68. The van der Waals surface area contributed by atoms with Gasteiger partial charge in [0.15, 0.2) is 11.6 Å². The smallest absolute Gasteiger partial charge is 0.221 e. The van der Waals surface area contributed by atoms with E-state index in [0.717, 1.165) is 22.8 Å². The molecule has 0 aliphatic heterocycles. The van der Waals surface area contributed by atoms with Crippen molar-refractivity contribution in [3.05, 3.63) is 48.0 Å². The van der Waals surface area contributed by atoms with E-state index < -0.39 is 0 Å². The number of nitrogens with two attached hydrogens (primary N) is 1. The number of rotatable bonds is 4. The molecular formula is C17H19N7O. The van der Waals surface area contributed by atoms with Crippen molar-refractivity contribution in [3.8, 4) is 5.82 Å². The average Bonchev–Trinajstić information content (AvgIpc) is 2.89. The monoisotopic (exact) mass is 337 g/mol. The van der Waals surface area contributed by atoms with Gasteiger partial charge in [-0.15, -0.1) is 0 Å². The highest BCUT2D eigenvalue weighted by Gasteiger charge is 2.13. The third-order valence-electron chi connectivity index (χ3n) is 3.54. The third-order valence-corrected chi connectivity index (χ3v) is 3.54. The highest BCUT2D eigenvalue weighted by atomic mass is 16.1. The van der Waals surface area contributed by atoms with Crippen LogP contribution in [0.1, 0.15) is 18.3 Å². The fourth-order valence-electron chi connectivity index (χ4n) is 2.47. The largest absolute Gasteiger partial charge is 0.393 e. The molecule has 0 atom stereocenters. The summed E-state index contributed by atoms with van der Waals surface area (Å²) in [6.07, 6.45) is 1.44. The first-order valence-corrected chi connectivity index (χ1v) is 7.73. The molecule has 3 aromatic rings. The lowest BCUT2D eigenvalue weighted by Crippen LogP contribution is -2.09. The second kappa shape index (κ2) is 6.60. The van der Waals surface area contributed by atoms with Crippen LogP contribution in [0.2, 0.25) is 0 Å². The van der Waals surface area contributed by atoms with E-state index in [1.54, 1.807) is 16.8 Å². The zero-order chi connectivity index (χ0) is 18.0. The summed E-state index contributed by atoms with van der Waals surface area (Å²) in [5.74, 6) is 0.901. The van der Waals surface area contributed by atoms with Crippen LogP contribution in [0.4, 0.5) is 22.9 Å². The first-order chi connectivity index (χ1) is 11.9. The van der Waals surface area contributed by atoms with Crippen molar-refractivity contribution in [1.29, 1.82) is 0 Å². The number of aromatic nitrogens is 4. The van der Waals surface area contributed by atoms with Crippen molar-refractivity contribution in [1.82, 2.24) is 19.7 Å². The molecule has 0 unspecified atom stereocenters. The maximum absolute atomic E-state index is 11.1. The molecule has 25 heavy (non-hydrogen) atoms. The number of benzene rings is 1. The third kappa shape index (κ3) is 3.57. The summed E-state index contributed by atoms with van der Waals surface area (Å²) in [7, 11) is 0. The Morgan fingerprint density at radius 1 is 1.12 bits per heavy atom. The Bertz CT molecular complexity index is 915. The van der Waals surface area contributed by atoms with E-state index in [-0.39, 0.29) is 5.91 Å². The minimum atomic E-state index is -0.115. The van der Waals surface area contributed by atoms with Gasteiger partial charge in [-0.2, -0.15) is 5.10 Å². The fourth-order valence-corrected chi connectivity index (χ4v) is 2.47. The van der Waals surface area contributed by atoms with Crippen molar-refractivity contribution >= 4 is 28.8 Å². The van der Waals surface area contributed by atoms with E-state index in [1.165, 1.54) is 13.3 Å². The SMILES string of the molecule is CC(=O)Nc1ccc(Nc2ncnc(-n3nc(C)cc3C)c2N)cc1. The van der Waals surface area contributed by atoms with E-state index in [1.807, 2.05) is 32.0 Å². The quantitative estimate of drug-likeness (QED) is 0.675. The van der Waals surface area contributed by atoms with Crippen LogP contribution in [-0.4, -0.2) is 25.7 Å². The van der Waals surface area contributed by atoms with Gasteiger partial charge in [0.2, 0.25) is 5.91 Å². The molecule has 1 aromatic carbocycles. The molecule has 128 valence electrons. The topological polar surface area (TPSA) is 111 Å². The summed E-state index contributed by atoms with van der Waals surface area (Å²) in [5, 5.41) is 10.3. The summed E-state index contributed by atoms with van der Waals surface area (Å²) >= 11 is 0. The van der Waals surface area contributed by atoms with E-state index >= 15 is 0 Å². The van der Waals surface area contributed by atoms with Crippen molar-refractivity contribution in [2.45, 2.75) is 20.8 Å². The normalized spacial score (nSPS) is 10.5. The highest BCUT2D eigenvalue weighted by molar-refractivity contribution is 5.89. The van der Waals surface area contributed by atoms with Crippen molar-refractivity contribution in [3.63, 3.8) is 0 Å². The maximum Gasteiger partial charge on any atom is 0.221 e. The van der Waals surface area contributed by atoms with Gasteiger partial charge in [-0.1, -0.05) is 0 Å². The standard InChI is InChI=1S/C17H19N7O/c1-10-8-11(2)24(23-10)17-15(18)16(19-9-20-17)22-14-6-4-13(5-7-14)21-12(3)25/h4-9H,18H2,1-3H3,(H,21,25)(H,19,20,22). The molecular weight excluding hydrogens is 318 g/mol. The molecule has 0 aliphatic carbocycles. The molecule has 0 aliphatic rings. The maximum atomic E-state index is 11.1. The van der Waals surface area contributed by atoms with E-state index in [9.17, 15) is 4.79 Å². The summed E-state index contributed by atoms with van der Waals surface area (Å²) in [6.45, 7) is 5.32. The Hall–Kier alpha value is -3.42. The molecule has 3 rings (SSSR count). The second-order valence-electron chi connectivity index (χ2n) is 5.68. The number of nitrogens with one attached hydrogen (secondary N) is 2. The molecule has 0 radical (unpaired) electrons. The number of aryl methyl sites for hydroxylation is 2. The molecule has 4 N–H and O–H groups in total. The summed E-state index contributed by atoms with van der Waals surface area (Å²) < 4.78 is 1.69. The fraction of sp³-hybridized carbons (Fsp3) is 0.176. The summed E-state index contributed by atoms with van der Waals surface area (Å²) in [6, 6.07) is 9.20. The minimum Gasteiger partial charge on any atom is -0.393 e. The van der Waals surface area contributed by atoms with Gasteiger partial charge in [0.25, 0.3) is 0 Å². The molecule has 0 fully saturated rings. The van der Waals surface area contributed by atoms with Gasteiger partial charge in [0, 0.05) is 24.0 Å². The Labute approximate surface area is 145 Å². The van der Waals surface area contributed by atoms with Crippen molar-refractivity contribution < 1.29 is 4.79 Å². The average molecular weight is 337 g/mol. The predicted molar refractivity (Wildman–Crippen MR) is 97.1 cm³/mol. The van der Waals surface area contributed by atoms with E-state index in [0.29, 0.717) is 17.3 Å². The zero-order valence-electron chi connectivity index (χ0n) is 14.2. The molecule has 0 bridgehead atoms. The number of anilines is 4. The van der Waals surface area contributed by atoms with Crippen LogP contribution < -0.4 is 16.4 Å². The first-order valence-electron chi connectivity index (χ1n) is 7.73. The van der Waals surface area contributed by atoms with Gasteiger partial charge < -0.3 is 16.4 Å². The number of nitrogens with zero attached hydrogens (tertiary/aromatic N) is 4. The van der Waals surface area contributed by atoms with Crippen molar-refractivity contribution in [2.75, 3.05) is 16.4 Å². The summed E-state index contributed by atoms with van der Waals surface area (Å²) in [5.41, 5.74) is 9.97. The number of hydrogen-bond donors (Lipinski definition) is 3.